The van der Waals surface area contributed by atoms with Gasteiger partial charge < -0.3 is 9.73 Å². The highest BCUT2D eigenvalue weighted by Gasteiger charge is 2.19. The molecule has 2 aromatic heterocycles. The van der Waals surface area contributed by atoms with Crippen LogP contribution in [-0.2, 0) is 0 Å². The van der Waals surface area contributed by atoms with Crippen molar-refractivity contribution in [1.82, 2.24) is 9.97 Å². The molecule has 27 heavy (non-hydrogen) atoms. The first-order valence-electron chi connectivity index (χ1n) is 8.34. The summed E-state index contributed by atoms with van der Waals surface area (Å²) in [5, 5.41) is 3.58. The molecule has 2 aromatic carbocycles. The molecule has 0 aliphatic heterocycles. The molecule has 6 heteroatoms. The molecule has 1 amide bonds. The maximum absolute atomic E-state index is 12.7. The van der Waals surface area contributed by atoms with Crippen LogP contribution in [0.1, 0.15) is 32.2 Å². The maximum Gasteiger partial charge on any atom is 0.275 e. The minimum atomic E-state index is -0.369. The van der Waals surface area contributed by atoms with Gasteiger partial charge in [-0.15, -0.1) is 0 Å². The lowest BCUT2D eigenvalue weighted by Crippen LogP contribution is -2.13. The van der Waals surface area contributed by atoms with Crippen LogP contribution in [0.5, 0.6) is 0 Å². The fourth-order valence-corrected chi connectivity index (χ4v) is 2.85. The summed E-state index contributed by atoms with van der Waals surface area (Å²) in [4.78, 5) is 32.8. The SMILES string of the molecule is Cc1c(C(=O)c2ccccc2)oc2cc(NC(=O)c3cnccn3)ccc12. The molecule has 0 bridgehead atoms. The average Bonchev–Trinajstić information content (AvgIpc) is 3.04. The Morgan fingerprint density at radius 2 is 1.85 bits per heavy atom. The number of fused-ring (bicyclic) bond motifs is 1. The number of ketones is 1. The molecule has 4 rings (SSSR count). The van der Waals surface area contributed by atoms with E-state index in [1.54, 1.807) is 24.3 Å². The van der Waals surface area contributed by atoms with Crippen molar-refractivity contribution in [3.63, 3.8) is 0 Å². The Kier molecular flexibility index (Phi) is 4.22. The zero-order chi connectivity index (χ0) is 18.8. The molecule has 0 atom stereocenters. The van der Waals surface area contributed by atoms with E-state index in [0.717, 1.165) is 10.9 Å². The molecule has 0 aliphatic rings. The van der Waals surface area contributed by atoms with Gasteiger partial charge in [0.25, 0.3) is 5.91 Å². The van der Waals surface area contributed by atoms with Crippen LogP contribution in [0, 0.1) is 6.92 Å². The summed E-state index contributed by atoms with van der Waals surface area (Å²) in [7, 11) is 0. The second-order valence-corrected chi connectivity index (χ2v) is 6.01. The average molecular weight is 357 g/mol. The Morgan fingerprint density at radius 3 is 2.59 bits per heavy atom. The van der Waals surface area contributed by atoms with Gasteiger partial charge in [0.1, 0.15) is 11.3 Å². The fourth-order valence-electron chi connectivity index (χ4n) is 2.85. The molecular weight excluding hydrogens is 342 g/mol. The number of rotatable bonds is 4. The van der Waals surface area contributed by atoms with Gasteiger partial charge in [0.15, 0.2) is 5.76 Å². The van der Waals surface area contributed by atoms with E-state index in [9.17, 15) is 9.59 Å². The lowest BCUT2D eigenvalue weighted by atomic mass is 10.0. The molecule has 132 valence electrons. The fraction of sp³-hybridized carbons (Fsp3) is 0.0476. The Labute approximate surface area is 154 Å². The summed E-state index contributed by atoms with van der Waals surface area (Å²) in [6, 6.07) is 14.3. The predicted octanol–water partition coefficient (Wildman–Crippen LogP) is 4.01. The van der Waals surface area contributed by atoms with Gasteiger partial charge in [-0.25, -0.2) is 4.98 Å². The first-order valence-corrected chi connectivity index (χ1v) is 8.34. The number of aromatic nitrogens is 2. The number of anilines is 1. The van der Waals surface area contributed by atoms with Gasteiger partial charge in [-0.05, 0) is 19.1 Å². The van der Waals surface area contributed by atoms with Gasteiger partial charge in [0.05, 0.1) is 6.20 Å². The molecule has 2 heterocycles. The number of benzene rings is 2. The maximum atomic E-state index is 12.7. The number of amides is 1. The largest absolute Gasteiger partial charge is 0.452 e. The van der Waals surface area contributed by atoms with Crippen molar-refractivity contribution in [3.05, 3.63) is 89.7 Å². The van der Waals surface area contributed by atoms with Crippen LogP contribution in [0.4, 0.5) is 5.69 Å². The highest BCUT2D eigenvalue weighted by atomic mass is 16.3. The molecule has 0 unspecified atom stereocenters. The summed E-state index contributed by atoms with van der Waals surface area (Å²) in [5.74, 6) is -0.241. The molecule has 0 spiro atoms. The third-order valence-corrected chi connectivity index (χ3v) is 4.23. The van der Waals surface area contributed by atoms with E-state index in [1.807, 2.05) is 31.2 Å². The number of hydrogen-bond donors (Lipinski definition) is 1. The number of furan rings is 1. The number of carbonyl (C=O) groups excluding carboxylic acids is 2. The first kappa shape index (κ1) is 16.7. The third-order valence-electron chi connectivity index (χ3n) is 4.23. The van der Waals surface area contributed by atoms with Crippen LogP contribution in [0.25, 0.3) is 11.0 Å². The summed E-state index contributed by atoms with van der Waals surface area (Å²) < 4.78 is 5.81. The van der Waals surface area contributed by atoms with Crippen molar-refractivity contribution < 1.29 is 14.0 Å². The van der Waals surface area contributed by atoms with Gasteiger partial charge in [-0.1, -0.05) is 30.3 Å². The molecule has 0 saturated carbocycles. The zero-order valence-corrected chi connectivity index (χ0v) is 14.5. The molecule has 0 aliphatic carbocycles. The van der Waals surface area contributed by atoms with Crippen molar-refractivity contribution in [2.24, 2.45) is 0 Å². The van der Waals surface area contributed by atoms with Crippen LogP contribution in [0.2, 0.25) is 0 Å². The smallest absolute Gasteiger partial charge is 0.275 e. The summed E-state index contributed by atoms with van der Waals surface area (Å²) in [6.07, 6.45) is 4.34. The van der Waals surface area contributed by atoms with Crippen molar-refractivity contribution in [3.8, 4) is 0 Å². The van der Waals surface area contributed by atoms with Crippen LogP contribution in [0.3, 0.4) is 0 Å². The highest BCUT2D eigenvalue weighted by Crippen LogP contribution is 2.29. The quantitative estimate of drug-likeness (QED) is 0.558. The standard InChI is InChI=1S/C21H15N3O3/c1-13-16-8-7-15(24-21(26)17-12-22-9-10-23-17)11-18(16)27-20(13)19(25)14-5-3-2-4-6-14/h2-12H,1H3,(H,24,26). The molecule has 6 nitrogen and oxygen atoms in total. The van der Waals surface area contributed by atoms with E-state index < -0.39 is 0 Å². The van der Waals surface area contributed by atoms with Crippen LogP contribution >= 0.6 is 0 Å². The molecule has 0 radical (unpaired) electrons. The van der Waals surface area contributed by atoms with Gasteiger partial charge in [-0.3, -0.25) is 14.6 Å². The Balaban J connectivity index is 1.65. The Hall–Kier alpha value is -3.80. The van der Waals surface area contributed by atoms with Crippen molar-refractivity contribution in [2.45, 2.75) is 6.92 Å². The molecule has 0 fully saturated rings. The second kappa shape index (κ2) is 6.84. The lowest BCUT2D eigenvalue weighted by molar-refractivity contribution is 0.100. The highest BCUT2D eigenvalue weighted by molar-refractivity contribution is 6.11. The summed E-state index contributed by atoms with van der Waals surface area (Å²) in [5.41, 5.74) is 2.63. The van der Waals surface area contributed by atoms with E-state index >= 15 is 0 Å². The minimum absolute atomic E-state index is 0.172. The van der Waals surface area contributed by atoms with Crippen LogP contribution in [-0.4, -0.2) is 21.7 Å². The van der Waals surface area contributed by atoms with Gasteiger partial charge in [-0.2, -0.15) is 0 Å². The van der Waals surface area contributed by atoms with E-state index in [0.29, 0.717) is 22.6 Å². The predicted molar refractivity (Wildman–Crippen MR) is 101 cm³/mol. The third kappa shape index (κ3) is 3.20. The Bertz CT molecular complexity index is 1140. The lowest BCUT2D eigenvalue weighted by Gasteiger charge is -2.03. The Morgan fingerprint density at radius 1 is 1.04 bits per heavy atom. The van der Waals surface area contributed by atoms with Crippen molar-refractivity contribution in [2.75, 3.05) is 5.32 Å². The first-order chi connectivity index (χ1) is 13.1. The monoisotopic (exact) mass is 357 g/mol. The van der Waals surface area contributed by atoms with Crippen LogP contribution < -0.4 is 5.32 Å². The van der Waals surface area contributed by atoms with Gasteiger partial charge >= 0.3 is 0 Å². The zero-order valence-electron chi connectivity index (χ0n) is 14.5. The number of carbonyl (C=O) groups is 2. The second-order valence-electron chi connectivity index (χ2n) is 6.01. The minimum Gasteiger partial charge on any atom is -0.452 e. The summed E-state index contributed by atoms with van der Waals surface area (Å²) >= 11 is 0. The van der Waals surface area contributed by atoms with Crippen molar-refractivity contribution >= 4 is 28.3 Å². The molecular formula is C21H15N3O3. The van der Waals surface area contributed by atoms with E-state index in [1.165, 1.54) is 18.6 Å². The van der Waals surface area contributed by atoms with E-state index in [2.05, 4.69) is 15.3 Å². The van der Waals surface area contributed by atoms with Gasteiger partial charge in [0.2, 0.25) is 5.78 Å². The number of hydrogen-bond acceptors (Lipinski definition) is 5. The van der Waals surface area contributed by atoms with Crippen molar-refractivity contribution in [1.29, 1.82) is 0 Å². The topological polar surface area (TPSA) is 85.1 Å². The summed E-state index contributed by atoms with van der Waals surface area (Å²) in [6.45, 7) is 1.85. The van der Waals surface area contributed by atoms with E-state index in [4.69, 9.17) is 4.42 Å². The van der Waals surface area contributed by atoms with E-state index in [-0.39, 0.29) is 17.4 Å². The molecule has 0 saturated heterocycles. The van der Waals surface area contributed by atoms with Crippen LogP contribution in [0.15, 0.2) is 71.5 Å². The number of nitrogens with one attached hydrogen (secondary N) is 1. The molecule has 1 N–H and O–H groups in total. The van der Waals surface area contributed by atoms with Gasteiger partial charge in [0, 0.05) is 40.7 Å². The normalized spacial score (nSPS) is 10.7. The number of nitrogens with zero attached hydrogens (tertiary/aromatic N) is 2. The molecule has 4 aromatic rings. The number of aryl methyl sites for hydroxylation is 1.